The molecule has 2 aromatic carbocycles. The zero-order valence-electron chi connectivity index (χ0n) is 21.0. The van der Waals surface area contributed by atoms with Gasteiger partial charge in [-0.1, -0.05) is 89.5 Å². The second-order valence-corrected chi connectivity index (χ2v) is 10.7. The van der Waals surface area contributed by atoms with Crippen molar-refractivity contribution in [2.24, 2.45) is 0 Å². The molecule has 0 spiro atoms. The maximum Gasteiger partial charge on any atom is 0.122 e. The van der Waals surface area contributed by atoms with Gasteiger partial charge in [-0.25, -0.2) is 0 Å². The minimum Gasteiger partial charge on any atom is -0.507 e. The first-order valence-corrected chi connectivity index (χ1v) is 13.8. The zero-order valence-corrected chi connectivity index (χ0v) is 21.0. The molecule has 2 aliphatic carbocycles. The maximum absolute atomic E-state index is 11.4. The van der Waals surface area contributed by atoms with E-state index in [1.54, 1.807) is 0 Å². The molecule has 2 fully saturated rings. The Kier molecular flexibility index (Phi) is 8.39. The van der Waals surface area contributed by atoms with Crippen molar-refractivity contribution in [3.63, 3.8) is 0 Å². The molecule has 2 N–H and O–H groups in total. The highest BCUT2D eigenvalue weighted by Gasteiger charge is 2.24. The van der Waals surface area contributed by atoms with E-state index in [0.717, 1.165) is 47.9 Å². The largest absolute Gasteiger partial charge is 0.507 e. The Morgan fingerprint density at radius 1 is 0.606 bits per heavy atom. The second-order valence-electron chi connectivity index (χ2n) is 10.7. The van der Waals surface area contributed by atoms with Crippen LogP contribution in [0, 0.1) is 0 Å². The van der Waals surface area contributed by atoms with E-state index in [1.165, 1.54) is 75.3 Å². The minimum atomic E-state index is 0.479. The van der Waals surface area contributed by atoms with Gasteiger partial charge in [0.15, 0.2) is 0 Å². The molecule has 0 unspecified atom stereocenters. The SMILES string of the molecule is CCCc1cc(Cc2cc(CCC)cc(C3CCCCC3)c2O)c(O)c(C2CCCCC2)c1. The summed E-state index contributed by atoms with van der Waals surface area (Å²) >= 11 is 0. The molecule has 2 heteroatoms. The number of phenolic OH excluding ortho intramolecular Hbond substituents is 2. The number of hydrogen-bond donors (Lipinski definition) is 2. The molecule has 0 saturated heterocycles. The molecule has 2 saturated carbocycles. The third kappa shape index (κ3) is 5.76. The van der Waals surface area contributed by atoms with Crippen molar-refractivity contribution >= 4 is 0 Å². The number of rotatable bonds is 8. The van der Waals surface area contributed by atoms with Crippen LogP contribution in [0.1, 0.15) is 136 Å². The Morgan fingerprint density at radius 3 is 1.36 bits per heavy atom. The van der Waals surface area contributed by atoms with Crippen LogP contribution < -0.4 is 0 Å². The van der Waals surface area contributed by atoms with Crippen LogP contribution in [0.15, 0.2) is 24.3 Å². The minimum absolute atomic E-state index is 0.479. The van der Waals surface area contributed by atoms with Crippen molar-refractivity contribution in [3.8, 4) is 11.5 Å². The quantitative estimate of drug-likeness (QED) is 0.424. The molecule has 0 aromatic heterocycles. The molecule has 2 aliphatic rings. The van der Waals surface area contributed by atoms with E-state index in [1.807, 2.05) is 0 Å². The predicted molar refractivity (Wildman–Crippen MR) is 139 cm³/mol. The van der Waals surface area contributed by atoms with Crippen molar-refractivity contribution in [3.05, 3.63) is 57.6 Å². The summed E-state index contributed by atoms with van der Waals surface area (Å²) < 4.78 is 0. The normalized spacial score (nSPS) is 18.0. The first kappa shape index (κ1) is 24.2. The van der Waals surface area contributed by atoms with Crippen molar-refractivity contribution in [1.29, 1.82) is 0 Å². The highest BCUT2D eigenvalue weighted by Crippen LogP contribution is 2.43. The lowest BCUT2D eigenvalue weighted by Crippen LogP contribution is -2.08. The fourth-order valence-corrected chi connectivity index (χ4v) is 6.36. The van der Waals surface area contributed by atoms with Gasteiger partial charge in [0.2, 0.25) is 0 Å². The van der Waals surface area contributed by atoms with Gasteiger partial charge in [-0.3, -0.25) is 0 Å². The third-order valence-electron chi connectivity index (χ3n) is 8.10. The molecule has 4 rings (SSSR count). The van der Waals surface area contributed by atoms with Crippen LogP contribution in [-0.2, 0) is 19.3 Å². The number of aryl methyl sites for hydroxylation is 2. The Labute approximate surface area is 201 Å². The zero-order chi connectivity index (χ0) is 23.2. The topological polar surface area (TPSA) is 40.5 Å². The van der Waals surface area contributed by atoms with Crippen molar-refractivity contribution < 1.29 is 10.2 Å². The van der Waals surface area contributed by atoms with Crippen molar-refractivity contribution in [2.45, 2.75) is 122 Å². The number of aromatic hydroxyl groups is 2. The highest BCUT2D eigenvalue weighted by atomic mass is 16.3. The van der Waals surface area contributed by atoms with Gasteiger partial charge in [-0.15, -0.1) is 0 Å². The molecular formula is C31H44O2. The van der Waals surface area contributed by atoms with E-state index >= 15 is 0 Å². The van der Waals surface area contributed by atoms with E-state index in [-0.39, 0.29) is 0 Å². The molecule has 0 aliphatic heterocycles. The molecule has 0 bridgehead atoms. The van der Waals surface area contributed by atoms with E-state index in [0.29, 0.717) is 29.8 Å². The summed E-state index contributed by atoms with van der Waals surface area (Å²) in [5, 5.41) is 22.8. The molecule has 0 atom stereocenters. The Morgan fingerprint density at radius 2 is 1.00 bits per heavy atom. The number of phenols is 2. The highest BCUT2D eigenvalue weighted by molar-refractivity contribution is 5.52. The average Bonchev–Trinajstić information content (AvgIpc) is 2.84. The van der Waals surface area contributed by atoms with Crippen LogP contribution in [0.2, 0.25) is 0 Å². The molecule has 0 radical (unpaired) electrons. The first-order chi connectivity index (χ1) is 16.1. The molecule has 2 nitrogen and oxygen atoms in total. The van der Waals surface area contributed by atoms with Gasteiger partial charge in [0, 0.05) is 6.42 Å². The lowest BCUT2D eigenvalue weighted by atomic mass is 9.80. The summed E-state index contributed by atoms with van der Waals surface area (Å²) in [6.45, 7) is 4.45. The summed E-state index contributed by atoms with van der Waals surface area (Å²) in [4.78, 5) is 0. The number of benzene rings is 2. The van der Waals surface area contributed by atoms with Crippen molar-refractivity contribution in [1.82, 2.24) is 0 Å². The Hall–Kier alpha value is -1.96. The van der Waals surface area contributed by atoms with Crippen LogP contribution in [-0.4, -0.2) is 10.2 Å². The van der Waals surface area contributed by atoms with E-state index < -0.39 is 0 Å². The van der Waals surface area contributed by atoms with E-state index in [2.05, 4.69) is 38.1 Å². The van der Waals surface area contributed by atoms with Gasteiger partial charge in [0.05, 0.1) is 0 Å². The van der Waals surface area contributed by atoms with Crippen LogP contribution in [0.3, 0.4) is 0 Å². The summed E-state index contributed by atoms with van der Waals surface area (Å²) in [7, 11) is 0. The predicted octanol–water partition coefficient (Wildman–Crippen LogP) is 8.69. The van der Waals surface area contributed by atoms with Crippen LogP contribution in [0.5, 0.6) is 11.5 Å². The smallest absolute Gasteiger partial charge is 0.122 e. The van der Waals surface area contributed by atoms with Crippen LogP contribution >= 0.6 is 0 Å². The summed E-state index contributed by atoms with van der Waals surface area (Å²) in [5.74, 6) is 1.93. The molecule has 180 valence electrons. The molecule has 0 amide bonds. The molecule has 2 aromatic rings. The lowest BCUT2D eigenvalue weighted by molar-refractivity contribution is 0.408. The summed E-state index contributed by atoms with van der Waals surface area (Å²) in [6.07, 6.45) is 17.4. The van der Waals surface area contributed by atoms with E-state index in [4.69, 9.17) is 0 Å². The van der Waals surface area contributed by atoms with Crippen LogP contribution in [0.4, 0.5) is 0 Å². The van der Waals surface area contributed by atoms with Gasteiger partial charge < -0.3 is 10.2 Å². The third-order valence-corrected chi connectivity index (χ3v) is 8.10. The van der Waals surface area contributed by atoms with Gasteiger partial charge in [-0.2, -0.15) is 0 Å². The second kappa shape index (κ2) is 11.4. The fourth-order valence-electron chi connectivity index (χ4n) is 6.36. The lowest BCUT2D eigenvalue weighted by Gasteiger charge is -2.26. The fraction of sp³-hybridized carbons (Fsp3) is 0.613. The summed E-state index contributed by atoms with van der Waals surface area (Å²) in [5.41, 5.74) is 6.99. The Bertz CT molecular complexity index is 842. The summed E-state index contributed by atoms with van der Waals surface area (Å²) in [6, 6.07) is 8.97. The van der Waals surface area contributed by atoms with Gasteiger partial charge in [0.1, 0.15) is 11.5 Å². The van der Waals surface area contributed by atoms with Gasteiger partial charge in [-0.05, 0) is 83.7 Å². The molecular weight excluding hydrogens is 404 g/mol. The van der Waals surface area contributed by atoms with Crippen LogP contribution in [0.25, 0.3) is 0 Å². The Balaban J connectivity index is 1.72. The van der Waals surface area contributed by atoms with Gasteiger partial charge in [0.25, 0.3) is 0 Å². The van der Waals surface area contributed by atoms with E-state index in [9.17, 15) is 10.2 Å². The first-order valence-electron chi connectivity index (χ1n) is 13.8. The van der Waals surface area contributed by atoms with Crippen molar-refractivity contribution in [2.75, 3.05) is 0 Å². The van der Waals surface area contributed by atoms with Gasteiger partial charge >= 0.3 is 0 Å². The molecule has 33 heavy (non-hydrogen) atoms. The number of hydrogen-bond acceptors (Lipinski definition) is 2. The maximum atomic E-state index is 11.4. The monoisotopic (exact) mass is 448 g/mol. The standard InChI is InChI=1S/C31H44O2/c1-3-11-22-17-26(30(32)28(19-22)24-13-7-5-8-14-24)21-27-18-23(12-4-2)20-29(31(27)33)25-15-9-6-10-16-25/h17-20,24-25,32-33H,3-16,21H2,1-2H3. The molecule has 0 heterocycles. The average molecular weight is 449 g/mol.